The van der Waals surface area contributed by atoms with Gasteiger partial charge in [-0.15, -0.1) is 0 Å². The van der Waals surface area contributed by atoms with Crippen LogP contribution < -0.4 is 11.1 Å². The molecular formula is C12H25N3O. The molecule has 0 aromatic rings. The summed E-state index contributed by atoms with van der Waals surface area (Å²) in [5, 5.41) is 2.83. The number of carbonyl (C=O) groups is 1. The first-order valence-corrected chi connectivity index (χ1v) is 6.34. The molecule has 0 spiro atoms. The summed E-state index contributed by atoms with van der Waals surface area (Å²) in [7, 11) is 0. The van der Waals surface area contributed by atoms with Gasteiger partial charge in [-0.2, -0.15) is 0 Å². The number of rotatable bonds is 5. The van der Waals surface area contributed by atoms with E-state index in [0.717, 1.165) is 38.5 Å². The first-order valence-electron chi connectivity index (χ1n) is 6.34. The third-order valence-electron chi connectivity index (χ3n) is 3.14. The fourth-order valence-corrected chi connectivity index (χ4v) is 2.54. The Hall–Kier alpha value is -0.610. The van der Waals surface area contributed by atoms with Crippen molar-refractivity contribution in [2.45, 2.75) is 39.2 Å². The van der Waals surface area contributed by atoms with Crippen molar-refractivity contribution in [1.29, 1.82) is 0 Å². The summed E-state index contributed by atoms with van der Waals surface area (Å²) in [6, 6.07) is 0.308. The average Bonchev–Trinajstić information content (AvgIpc) is 2.16. The summed E-state index contributed by atoms with van der Waals surface area (Å²) in [5.41, 5.74) is 6.05. The van der Waals surface area contributed by atoms with E-state index >= 15 is 0 Å². The van der Waals surface area contributed by atoms with Gasteiger partial charge in [-0.05, 0) is 18.8 Å². The summed E-state index contributed by atoms with van der Waals surface area (Å²) in [6.07, 6.45) is 3.66. The maximum atomic E-state index is 10.8. The van der Waals surface area contributed by atoms with Crippen molar-refractivity contribution < 1.29 is 4.79 Å². The van der Waals surface area contributed by atoms with Crippen LogP contribution in [0.2, 0.25) is 0 Å². The zero-order chi connectivity index (χ0) is 12.0. The van der Waals surface area contributed by atoms with Crippen LogP contribution in [0, 0.1) is 5.92 Å². The molecule has 0 aromatic carbocycles. The van der Waals surface area contributed by atoms with Crippen molar-refractivity contribution in [2.75, 3.05) is 26.2 Å². The van der Waals surface area contributed by atoms with Gasteiger partial charge < -0.3 is 11.1 Å². The van der Waals surface area contributed by atoms with Gasteiger partial charge in [-0.1, -0.05) is 13.3 Å². The summed E-state index contributed by atoms with van der Waals surface area (Å²) < 4.78 is 0. The van der Waals surface area contributed by atoms with Gasteiger partial charge in [0.15, 0.2) is 0 Å². The summed E-state index contributed by atoms with van der Waals surface area (Å²) >= 11 is 0. The second-order valence-corrected chi connectivity index (χ2v) is 4.89. The summed E-state index contributed by atoms with van der Waals surface area (Å²) in [5.74, 6) is 0.789. The number of likely N-dealkylation sites (tertiary alicyclic amines) is 1. The molecule has 1 heterocycles. The Morgan fingerprint density at radius 1 is 1.50 bits per heavy atom. The molecule has 94 valence electrons. The molecule has 1 aliphatic rings. The van der Waals surface area contributed by atoms with Crippen LogP contribution in [0.15, 0.2) is 0 Å². The molecule has 4 heteroatoms. The zero-order valence-electron chi connectivity index (χ0n) is 10.5. The quantitative estimate of drug-likeness (QED) is 0.722. The first kappa shape index (κ1) is 13.5. The Kier molecular flexibility index (Phi) is 5.77. The standard InChI is InChI=1S/C12H25N3O/c1-3-4-11-7-12(13)9-15(8-11)6-5-14-10(2)16/h11-12H,3-9,13H2,1-2H3,(H,14,16). The lowest BCUT2D eigenvalue weighted by atomic mass is 9.91. The van der Waals surface area contributed by atoms with Crippen LogP contribution in [-0.2, 0) is 4.79 Å². The fraction of sp³-hybridized carbons (Fsp3) is 0.917. The van der Waals surface area contributed by atoms with Gasteiger partial charge >= 0.3 is 0 Å². The normalized spacial score (nSPS) is 26.7. The van der Waals surface area contributed by atoms with Crippen LogP contribution >= 0.6 is 0 Å². The number of nitrogens with zero attached hydrogens (tertiary/aromatic N) is 1. The van der Waals surface area contributed by atoms with Crippen LogP contribution in [0.1, 0.15) is 33.1 Å². The van der Waals surface area contributed by atoms with Crippen molar-refractivity contribution in [1.82, 2.24) is 10.2 Å². The molecule has 1 saturated heterocycles. The molecule has 0 aromatic heterocycles. The highest BCUT2D eigenvalue weighted by molar-refractivity contribution is 5.72. The lowest BCUT2D eigenvalue weighted by Gasteiger charge is -2.36. The highest BCUT2D eigenvalue weighted by Gasteiger charge is 2.23. The van der Waals surface area contributed by atoms with E-state index in [1.807, 2.05) is 0 Å². The van der Waals surface area contributed by atoms with Crippen LogP contribution in [0.4, 0.5) is 0 Å². The summed E-state index contributed by atoms with van der Waals surface area (Å²) in [6.45, 7) is 7.55. The zero-order valence-corrected chi connectivity index (χ0v) is 10.5. The Labute approximate surface area is 98.6 Å². The first-order chi connectivity index (χ1) is 7.61. The molecule has 0 saturated carbocycles. The minimum Gasteiger partial charge on any atom is -0.355 e. The lowest BCUT2D eigenvalue weighted by molar-refractivity contribution is -0.119. The molecule has 16 heavy (non-hydrogen) atoms. The molecule has 0 aliphatic carbocycles. The van der Waals surface area contributed by atoms with Crippen LogP contribution in [0.5, 0.6) is 0 Å². The fourth-order valence-electron chi connectivity index (χ4n) is 2.54. The van der Waals surface area contributed by atoms with E-state index in [9.17, 15) is 4.79 Å². The van der Waals surface area contributed by atoms with E-state index in [4.69, 9.17) is 5.73 Å². The van der Waals surface area contributed by atoms with Crippen molar-refractivity contribution in [2.24, 2.45) is 11.7 Å². The molecule has 3 N–H and O–H groups in total. The number of carbonyl (C=O) groups excluding carboxylic acids is 1. The van der Waals surface area contributed by atoms with Crippen LogP contribution in [-0.4, -0.2) is 43.0 Å². The van der Waals surface area contributed by atoms with E-state index < -0.39 is 0 Å². The molecule has 2 atom stereocenters. The molecule has 2 unspecified atom stereocenters. The van der Waals surface area contributed by atoms with Gasteiger partial charge in [-0.25, -0.2) is 0 Å². The van der Waals surface area contributed by atoms with Gasteiger partial charge in [0, 0.05) is 39.1 Å². The van der Waals surface area contributed by atoms with Gasteiger partial charge in [-0.3, -0.25) is 9.69 Å². The van der Waals surface area contributed by atoms with Gasteiger partial charge in [0.2, 0.25) is 5.91 Å². The minimum atomic E-state index is 0.0476. The van der Waals surface area contributed by atoms with E-state index in [-0.39, 0.29) is 5.91 Å². The molecule has 4 nitrogen and oxygen atoms in total. The molecule has 1 fully saturated rings. The monoisotopic (exact) mass is 227 g/mol. The number of hydrogen-bond acceptors (Lipinski definition) is 3. The second-order valence-electron chi connectivity index (χ2n) is 4.89. The maximum Gasteiger partial charge on any atom is 0.216 e. The number of hydrogen-bond donors (Lipinski definition) is 2. The molecule has 1 amide bonds. The predicted molar refractivity (Wildman–Crippen MR) is 66.1 cm³/mol. The molecule has 1 aliphatic heterocycles. The maximum absolute atomic E-state index is 10.8. The number of amides is 1. The van der Waals surface area contributed by atoms with E-state index in [1.54, 1.807) is 6.92 Å². The number of nitrogens with two attached hydrogens (primary N) is 1. The van der Waals surface area contributed by atoms with E-state index in [2.05, 4.69) is 17.1 Å². The number of nitrogens with one attached hydrogen (secondary N) is 1. The average molecular weight is 227 g/mol. The molecule has 0 bridgehead atoms. The van der Waals surface area contributed by atoms with Gasteiger partial charge in [0.05, 0.1) is 0 Å². The van der Waals surface area contributed by atoms with Crippen LogP contribution in [0.3, 0.4) is 0 Å². The third kappa shape index (κ3) is 4.94. The van der Waals surface area contributed by atoms with Crippen molar-refractivity contribution in [3.05, 3.63) is 0 Å². The molecular weight excluding hydrogens is 202 g/mol. The minimum absolute atomic E-state index is 0.0476. The topological polar surface area (TPSA) is 58.4 Å². The van der Waals surface area contributed by atoms with E-state index in [0.29, 0.717) is 6.04 Å². The third-order valence-corrected chi connectivity index (χ3v) is 3.14. The largest absolute Gasteiger partial charge is 0.355 e. The Morgan fingerprint density at radius 3 is 2.88 bits per heavy atom. The lowest BCUT2D eigenvalue weighted by Crippen LogP contribution is -2.49. The van der Waals surface area contributed by atoms with Crippen molar-refractivity contribution in [3.8, 4) is 0 Å². The second kappa shape index (κ2) is 6.86. The molecule has 0 radical (unpaired) electrons. The predicted octanol–water partition coefficient (Wildman–Crippen LogP) is 0.572. The van der Waals surface area contributed by atoms with Gasteiger partial charge in [0.1, 0.15) is 0 Å². The number of piperidine rings is 1. The Morgan fingerprint density at radius 2 is 2.25 bits per heavy atom. The smallest absolute Gasteiger partial charge is 0.216 e. The van der Waals surface area contributed by atoms with Crippen molar-refractivity contribution in [3.63, 3.8) is 0 Å². The highest BCUT2D eigenvalue weighted by Crippen LogP contribution is 2.19. The summed E-state index contributed by atoms with van der Waals surface area (Å²) in [4.78, 5) is 13.1. The van der Waals surface area contributed by atoms with Crippen molar-refractivity contribution >= 4 is 5.91 Å². The Bertz CT molecular complexity index is 220. The Balaban J connectivity index is 2.27. The van der Waals surface area contributed by atoms with E-state index in [1.165, 1.54) is 12.8 Å². The van der Waals surface area contributed by atoms with Crippen LogP contribution in [0.25, 0.3) is 0 Å². The highest BCUT2D eigenvalue weighted by atomic mass is 16.1. The molecule has 1 rings (SSSR count). The van der Waals surface area contributed by atoms with Gasteiger partial charge in [0.25, 0.3) is 0 Å². The SMILES string of the molecule is CCCC1CC(N)CN(CCNC(C)=O)C1.